The summed E-state index contributed by atoms with van der Waals surface area (Å²) in [5.41, 5.74) is 2.68. The fraction of sp³-hybridized carbons (Fsp3) is 0.300. The maximum Gasteiger partial charge on any atom is 0.238 e. The van der Waals surface area contributed by atoms with Gasteiger partial charge in [0.2, 0.25) is 5.91 Å². The molecule has 132 valence electrons. The topological polar surface area (TPSA) is 59.0 Å². The van der Waals surface area contributed by atoms with E-state index in [1.807, 2.05) is 32.9 Å². The summed E-state index contributed by atoms with van der Waals surface area (Å²) in [5, 5.41) is 0. The lowest BCUT2D eigenvalue weighted by Gasteiger charge is -2.25. The van der Waals surface area contributed by atoms with Crippen LogP contribution in [0.4, 0.5) is 10.2 Å². The number of pyridine rings is 1. The molecule has 26 heavy (non-hydrogen) atoms. The van der Waals surface area contributed by atoms with Crippen LogP contribution in [0.25, 0.3) is 5.57 Å². The number of amides is 1. The summed E-state index contributed by atoms with van der Waals surface area (Å²) in [6, 6.07) is 1.45. The molecule has 0 aromatic carbocycles. The van der Waals surface area contributed by atoms with E-state index in [0.29, 0.717) is 17.8 Å². The highest BCUT2D eigenvalue weighted by Crippen LogP contribution is 2.49. The van der Waals surface area contributed by atoms with Gasteiger partial charge in [-0.1, -0.05) is 19.9 Å². The van der Waals surface area contributed by atoms with E-state index in [4.69, 9.17) is 0 Å². The van der Waals surface area contributed by atoms with Gasteiger partial charge in [-0.15, -0.1) is 0 Å². The zero-order valence-electron chi connectivity index (χ0n) is 14.9. The van der Waals surface area contributed by atoms with Crippen molar-refractivity contribution in [1.29, 1.82) is 0 Å². The Bertz CT molecular complexity index is 947. The number of carbonyl (C=O) groups excluding carboxylic acids is 1. The highest BCUT2D eigenvalue weighted by molar-refractivity contribution is 6.04. The Morgan fingerprint density at radius 2 is 2.00 bits per heavy atom. The third-order valence-electron chi connectivity index (χ3n) is 5.15. The van der Waals surface area contributed by atoms with Gasteiger partial charge in [-0.25, -0.2) is 9.37 Å². The van der Waals surface area contributed by atoms with Crippen molar-refractivity contribution >= 4 is 17.3 Å². The number of hydrogen-bond acceptors (Lipinski definition) is 4. The van der Waals surface area contributed by atoms with Crippen LogP contribution in [0, 0.1) is 24.1 Å². The fourth-order valence-electron chi connectivity index (χ4n) is 3.63. The van der Waals surface area contributed by atoms with Crippen molar-refractivity contribution in [3.63, 3.8) is 0 Å². The summed E-state index contributed by atoms with van der Waals surface area (Å²) in [6.45, 7) is 5.77. The summed E-state index contributed by atoms with van der Waals surface area (Å²) in [6.07, 6.45) is 10.8. The molecule has 2 aliphatic rings. The van der Waals surface area contributed by atoms with E-state index in [1.54, 1.807) is 23.5 Å². The maximum atomic E-state index is 13.6. The van der Waals surface area contributed by atoms with Gasteiger partial charge in [0.15, 0.2) is 5.82 Å². The molecular formula is C20H19FN4O. The number of fused-ring (bicyclic) bond motifs is 1. The molecule has 3 heterocycles. The number of halogens is 1. The van der Waals surface area contributed by atoms with Crippen molar-refractivity contribution < 1.29 is 9.18 Å². The molecule has 1 amide bonds. The second-order valence-electron chi connectivity index (χ2n) is 7.29. The first-order valence-electron chi connectivity index (χ1n) is 8.54. The highest BCUT2D eigenvalue weighted by Gasteiger charge is 2.51. The molecule has 0 radical (unpaired) electrons. The van der Waals surface area contributed by atoms with E-state index in [0.717, 1.165) is 17.0 Å². The fourth-order valence-corrected chi connectivity index (χ4v) is 3.63. The molecule has 0 N–H and O–H groups in total. The Morgan fingerprint density at radius 3 is 2.69 bits per heavy atom. The van der Waals surface area contributed by atoms with Gasteiger partial charge in [0, 0.05) is 23.4 Å². The number of aromatic nitrogens is 3. The highest BCUT2D eigenvalue weighted by atomic mass is 19.1. The van der Waals surface area contributed by atoms with E-state index < -0.39 is 5.41 Å². The second-order valence-corrected chi connectivity index (χ2v) is 7.29. The summed E-state index contributed by atoms with van der Waals surface area (Å²) < 4.78 is 13.6. The average Bonchev–Trinajstić information content (AvgIpc) is 2.82. The number of carbonyl (C=O) groups is 1. The lowest BCUT2D eigenvalue weighted by Crippen LogP contribution is -2.31. The molecule has 1 aliphatic carbocycles. The summed E-state index contributed by atoms with van der Waals surface area (Å²) in [4.78, 5) is 27.3. The Labute approximate surface area is 151 Å². The van der Waals surface area contributed by atoms with E-state index in [2.05, 4.69) is 15.0 Å². The monoisotopic (exact) mass is 350 g/mol. The normalized spacial score (nSPS) is 21.3. The van der Waals surface area contributed by atoms with Crippen molar-refractivity contribution in [2.45, 2.75) is 27.2 Å². The van der Waals surface area contributed by atoms with Crippen LogP contribution < -0.4 is 4.90 Å². The van der Waals surface area contributed by atoms with Gasteiger partial charge >= 0.3 is 0 Å². The Morgan fingerprint density at radius 1 is 1.19 bits per heavy atom. The van der Waals surface area contributed by atoms with Gasteiger partial charge < -0.3 is 0 Å². The van der Waals surface area contributed by atoms with E-state index in [1.165, 1.54) is 12.3 Å². The van der Waals surface area contributed by atoms with Gasteiger partial charge in [-0.05, 0) is 31.1 Å². The first kappa shape index (κ1) is 16.6. The average molecular weight is 350 g/mol. The van der Waals surface area contributed by atoms with Crippen LogP contribution in [0.5, 0.6) is 0 Å². The van der Waals surface area contributed by atoms with Crippen LogP contribution in [-0.2, 0) is 4.79 Å². The van der Waals surface area contributed by atoms with Gasteiger partial charge in [-0.2, -0.15) is 0 Å². The largest absolute Gasteiger partial charge is 0.273 e. The summed E-state index contributed by atoms with van der Waals surface area (Å²) in [5.74, 6) is 0.177. The van der Waals surface area contributed by atoms with Gasteiger partial charge in [0.25, 0.3) is 0 Å². The lowest BCUT2D eigenvalue weighted by atomic mass is 9.75. The predicted molar refractivity (Wildman–Crippen MR) is 96.4 cm³/mol. The number of allylic oxidation sites excluding steroid dienone is 4. The predicted octanol–water partition coefficient (Wildman–Crippen LogP) is 3.68. The molecule has 2 aromatic heterocycles. The number of nitrogens with zero attached hydrogens (tertiary/aromatic N) is 4. The van der Waals surface area contributed by atoms with E-state index >= 15 is 0 Å². The van der Waals surface area contributed by atoms with Gasteiger partial charge in [-0.3, -0.25) is 19.7 Å². The molecule has 0 saturated carbocycles. The molecule has 1 aliphatic heterocycles. The summed E-state index contributed by atoms with van der Waals surface area (Å²) >= 11 is 0. The molecular weight excluding hydrogens is 331 g/mol. The minimum atomic E-state index is -0.541. The Kier molecular flexibility index (Phi) is 3.72. The maximum absolute atomic E-state index is 13.6. The molecule has 6 heteroatoms. The molecule has 1 atom stereocenters. The van der Waals surface area contributed by atoms with Crippen LogP contribution >= 0.6 is 0 Å². The summed E-state index contributed by atoms with van der Waals surface area (Å²) in [7, 11) is 0. The van der Waals surface area contributed by atoms with Crippen LogP contribution in [0.15, 0.2) is 48.7 Å². The van der Waals surface area contributed by atoms with Crippen molar-refractivity contribution in [3.05, 3.63) is 65.8 Å². The van der Waals surface area contributed by atoms with Crippen LogP contribution in [0.3, 0.4) is 0 Å². The van der Waals surface area contributed by atoms with Gasteiger partial charge in [0.05, 0.1) is 29.7 Å². The van der Waals surface area contributed by atoms with Crippen molar-refractivity contribution in [3.8, 4) is 0 Å². The SMILES string of the molecule is Cc1cnc(N2C(=O)C(C)(C)C3CC=C(c4cncc(F)c4)C=C32)cn1. The minimum absolute atomic E-state index is 0.001000. The molecule has 1 fully saturated rings. The molecule has 4 rings (SSSR count). The van der Waals surface area contributed by atoms with Crippen LogP contribution in [0.1, 0.15) is 31.5 Å². The molecule has 0 spiro atoms. The molecule has 1 saturated heterocycles. The molecule has 1 unspecified atom stereocenters. The molecule has 5 nitrogen and oxygen atoms in total. The third-order valence-corrected chi connectivity index (χ3v) is 5.15. The Hall–Kier alpha value is -2.89. The van der Waals surface area contributed by atoms with E-state index in [9.17, 15) is 9.18 Å². The zero-order valence-corrected chi connectivity index (χ0v) is 14.9. The standard InChI is InChI=1S/C20H19FN4O/c1-12-8-24-18(11-23-12)25-17-7-13(14-6-15(21)10-22-9-14)4-5-16(17)20(2,3)19(25)26/h4,6-11,16H,5H2,1-3H3. The van der Waals surface area contributed by atoms with Crippen molar-refractivity contribution in [1.82, 2.24) is 15.0 Å². The number of rotatable bonds is 2. The molecule has 0 bridgehead atoms. The lowest BCUT2D eigenvalue weighted by molar-refractivity contribution is -0.125. The smallest absolute Gasteiger partial charge is 0.238 e. The quantitative estimate of drug-likeness (QED) is 0.829. The minimum Gasteiger partial charge on any atom is -0.273 e. The first-order chi connectivity index (χ1) is 12.4. The number of aryl methyl sites for hydroxylation is 1. The number of anilines is 1. The van der Waals surface area contributed by atoms with Gasteiger partial charge in [0.1, 0.15) is 5.82 Å². The third kappa shape index (κ3) is 2.53. The van der Waals surface area contributed by atoms with Crippen molar-refractivity contribution in [2.24, 2.45) is 11.3 Å². The zero-order chi connectivity index (χ0) is 18.5. The Balaban J connectivity index is 1.81. The molecule has 2 aromatic rings. The van der Waals surface area contributed by atoms with Crippen LogP contribution in [-0.4, -0.2) is 20.9 Å². The first-order valence-corrected chi connectivity index (χ1v) is 8.54. The van der Waals surface area contributed by atoms with Crippen molar-refractivity contribution in [2.75, 3.05) is 4.90 Å². The van der Waals surface area contributed by atoms with E-state index in [-0.39, 0.29) is 17.6 Å². The second kappa shape index (κ2) is 5.83. The number of hydrogen-bond donors (Lipinski definition) is 0. The van der Waals surface area contributed by atoms with Crippen LogP contribution in [0.2, 0.25) is 0 Å².